The zero-order valence-corrected chi connectivity index (χ0v) is 10.9. The summed E-state index contributed by atoms with van der Waals surface area (Å²) in [6, 6.07) is 0. The minimum absolute atomic E-state index is 0.327. The molecule has 0 aliphatic heterocycles. The Morgan fingerprint density at radius 3 is 2.53 bits per heavy atom. The molecule has 0 aliphatic carbocycles. The van der Waals surface area contributed by atoms with Crippen LogP contribution >= 0.6 is 11.3 Å². The van der Waals surface area contributed by atoms with Crippen LogP contribution in [0.3, 0.4) is 0 Å². The first-order valence-corrected chi connectivity index (χ1v) is 6.02. The smallest absolute Gasteiger partial charge is 0.124 e. The summed E-state index contributed by atoms with van der Waals surface area (Å²) in [5, 5.41) is 3.00. The highest BCUT2D eigenvalue weighted by Crippen LogP contribution is 2.30. The third-order valence-corrected chi connectivity index (χ3v) is 4.00. The van der Waals surface area contributed by atoms with E-state index in [1.807, 2.05) is 26.2 Å². The number of thiazole rings is 1. The van der Waals surface area contributed by atoms with Crippen molar-refractivity contribution in [2.75, 3.05) is 7.11 Å². The van der Waals surface area contributed by atoms with Gasteiger partial charge in [0.25, 0.3) is 0 Å². The van der Waals surface area contributed by atoms with Crippen molar-refractivity contribution >= 4 is 11.3 Å². The van der Waals surface area contributed by atoms with Crippen LogP contribution in [0.2, 0.25) is 0 Å². The van der Waals surface area contributed by atoms with Crippen LogP contribution in [-0.2, 0) is 15.9 Å². The van der Waals surface area contributed by atoms with Gasteiger partial charge in [0.1, 0.15) is 10.6 Å². The standard InChI is InChI=1S/C11H20N2OS/c1-6-11(4,12)8-7-15-9(13-8)10(2,3)14-5/h7H,6,12H2,1-5H3. The highest BCUT2D eigenvalue weighted by Gasteiger charge is 2.28. The van der Waals surface area contributed by atoms with E-state index in [9.17, 15) is 0 Å². The summed E-state index contributed by atoms with van der Waals surface area (Å²) < 4.78 is 5.39. The summed E-state index contributed by atoms with van der Waals surface area (Å²) in [6.07, 6.45) is 0.879. The van der Waals surface area contributed by atoms with Crippen LogP contribution in [0.1, 0.15) is 44.8 Å². The van der Waals surface area contributed by atoms with Gasteiger partial charge in [0.15, 0.2) is 0 Å². The van der Waals surface area contributed by atoms with Gasteiger partial charge in [0, 0.05) is 12.5 Å². The van der Waals surface area contributed by atoms with Crippen LogP contribution < -0.4 is 5.73 Å². The zero-order chi connectivity index (χ0) is 11.7. The summed E-state index contributed by atoms with van der Waals surface area (Å²) in [5.74, 6) is 0. The van der Waals surface area contributed by atoms with Gasteiger partial charge in [0.05, 0.1) is 11.2 Å². The van der Waals surface area contributed by atoms with E-state index in [4.69, 9.17) is 10.5 Å². The van der Waals surface area contributed by atoms with Gasteiger partial charge in [-0.05, 0) is 27.2 Å². The predicted octanol–water partition coefficient (Wildman–Crippen LogP) is 2.61. The molecule has 2 N–H and O–H groups in total. The molecular weight excluding hydrogens is 208 g/mol. The van der Waals surface area contributed by atoms with Crippen LogP contribution in [0, 0.1) is 0 Å². The molecule has 0 radical (unpaired) electrons. The molecule has 0 aromatic carbocycles. The average Bonchev–Trinajstić information content (AvgIpc) is 2.67. The van der Waals surface area contributed by atoms with E-state index in [2.05, 4.69) is 11.9 Å². The lowest BCUT2D eigenvalue weighted by molar-refractivity contribution is 0.0188. The number of hydrogen-bond acceptors (Lipinski definition) is 4. The lowest BCUT2D eigenvalue weighted by Gasteiger charge is -2.22. The SMILES string of the molecule is CCC(C)(N)c1csc(C(C)(C)OC)n1. The molecule has 1 unspecified atom stereocenters. The van der Waals surface area contributed by atoms with E-state index >= 15 is 0 Å². The molecule has 0 fully saturated rings. The molecule has 1 rings (SSSR count). The van der Waals surface area contributed by atoms with Crippen molar-refractivity contribution in [2.24, 2.45) is 5.73 Å². The second kappa shape index (κ2) is 4.20. The van der Waals surface area contributed by atoms with Crippen LogP contribution in [0.25, 0.3) is 0 Å². The Labute approximate surface area is 95.7 Å². The Hall–Kier alpha value is -0.450. The van der Waals surface area contributed by atoms with Crippen LogP contribution in [-0.4, -0.2) is 12.1 Å². The summed E-state index contributed by atoms with van der Waals surface area (Å²) >= 11 is 1.61. The molecular formula is C11H20N2OS. The Bertz CT molecular complexity index is 301. The van der Waals surface area contributed by atoms with E-state index < -0.39 is 0 Å². The highest BCUT2D eigenvalue weighted by molar-refractivity contribution is 7.09. The maximum Gasteiger partial charge on any atom is 0.124 e. The van der Waals surface area contributed by atoms with Crippen LogP contribution in [0.4, 0.5) is 0 Å². The molecule has 0 saturated carbocycles. The molecule has 1 heterocycles. The van der Waals surface area contributed by atoms with Gasteiger partial charge in [-0.25, -0.2) is 4.98 Å². The molecule has 1 aromatic rings. The number of ether oxygens (including phenoxy) is 1. The van der Waals surface area contributed by atoms with Crippen molar-refractivity contribution in [3.05, 3.63) is 16.1 Å². The number of nitrogens with zero attached hydrogens (tertiary/aromatic N) is 1. The summed E-state index contributed by atoms with van der Waals surface area (Å²) in [7, 11) is 1.70. The molecule has 86 valence electrons. The van der Waals surface area contributed by atoms with Gasteiger partial charge in [-0.2, -0.15) is 0 Å². The predicted molar refractivity (Wildman–Crippen MR) is 64.0 cm³/mol. The van der Waals surface area contributed by atoms with Gasteiger partial charge in [-0.1, -0.05) is 6.92 Å². The van der Waals surface area contributed by atoms with Crippen molar-refractivity contribution in [3.63, 3.8) is 0 Å². The minimum atomic E-state index is -0.335. The summed E-state index contributed by atoms with van der Waals surface area (Å²) in [4.78, 5) is 4.56. The van der Waals surface area contributed by atoms with Gasteiger partial charge in [-0.15, -0.1) is 11.3 Å². The molecule has 3 nitrogen and oxygen atoms in total. The number of methoxy groups -OCH3 is 1. The maximum absolute atomic E-state index is 6.14. The Morgan fingerprint density at radius 2 is 2.07 bits per heavy atom. The first kappa shape index (κ1) is 12.6. The van der Waals surface area contributed by atoms with Crippen molar-refractivity contribution in [1.82, 2.24) is 4.98 Å². The largest absolute Gasteiger partial charge is 0.372 e. The molecule has 0 amide bonds. The number of aromatic nitrogens is 1. The Balaban J connectivity index is 3.00. The molecule has 0 bridgehead atoms. The second-order valence-electron chi connectivity index (χ2n) is 4.52. The number of rotatable bonds is 4. The van der Waals surface area contributed by atoms with Gasteiger partial charge in [-0.3, -0.25) is 0 Å². The van der Waals surface area contributed by atoms with E-state index in [1.165, 1.54) is 0 Å². The van der Waals surface area contributed by atoms with Crippen molar-refractivity contribution in [2.45, 2.75) is 45.3 Å². The fraction of sp³-hybridized carbons (Fsp3) is 0.727. The summed E-state index contributed by atoms with van der Waals surface area (Å²) in [6.45, 7) is 8.09. The van der Waals surface area contributed by atoms with Crippen LogP contribution in [0.15, 0.2) is 5.38 Å². The topological polar surface area (TPSA) is 48.1 Å². The van der Waals surface area contributed by atoms with Crippen LogP contribution in [0.5, 0.6) is 0 Å². The Kier molecular flexibility index (Phi) is 3.53. The first-order chi connectivity index (χ1) is 6.83. The third-order valence-electron chi connectivity index (χ3n) is 2.85. The van der Waals surface area contributed by atoms with E-state index in [0.717, 1.165) is 17.1 Å². The summed E-state index contributed by atoms with van der Waals surface area (Å²) in [5.41, 5.74) is 6.43. The van der Waals surface area contributed by atoms with Crippen molar-refractivity contribution < 1.29 is 4.74 Å². The molecule has 0 spiro atoms. The zero-order valence-electron chi connectivity index (χ0n) is 10.1. The number of nitrogens with two attached hydrogens (primary N) is 1. The monoisotopic (exact) mass is 228 g/mol. The van der Waals surface area contributed by atoms with Gasteiger partial charge < -0.3 is 10.5 Å². The molecule has 0 aliphatic rings. The first-order valence-electron chi connectivity index (χ1n) is 5.14. The molecule has 1 atom stereocenters. The van der Waals surface area contributed by atoms with E-state index in [1.54, 1.807) is 18.4 Å². The van der Waals surface area contributed by atoms with E-state index in [-0.39, 0.29) is 11.1 Å². The fourth-order valence-electron chi connectivity index (χ4n) is 1.08. The average molecular weight is 228 g/mol. The molecule has 15 heavy (non-hydrogen) atoms. The fourth-order valence-corrected chi connectivity index (χ4v) is 2.14. The van der Waals surface area contributed by atoms with Crippen molar-refractivity contribution in [3.8, 4) is 0 Å². The van der Waals surface area contributed by atoms with Crippen molar-refractivity contribution in [1.29, 1.82) is 0 Å². The quantitative estimate of drug-likeness (QED) is 0.861. The third kappa shape index (κ3) is 2.56. The molecule has 4 heteroatoms. The molecule has 0 saturated heterocycles. The lowest BCUT2D eigenvalue weighted by atomic mass is 9.97. The minimum Gasteiger partial charge on any atom is -0.372 e. The second-order valence-corrected chi connectivity index (χ2v) is 5.38. The van der Waals surface area contributed by atoms with Gasteiger partial charge in [0.2, 0.25) is 0 Å². The highest BCUT2D eigenvalue weighted by atomic mass is 32.1. The van der Waals surface area contributed by atoms with E-state index in [0.29, 0.717) is 0 Å². The molecule has 1 aromatic heterocycles. The van der Waals surface area contributed by atoms with Gasteiger partial charge >= 0.3 is 0 Å². The number of hydrogen-bond donors (Lipinski definition) is 1. The normalized spacial score (nSPS) is 16.4. The Morgan fingerprint density at radius 1 is 1.47 bits per heavy atom. The maximum atomic E-state index is 6.14. The lowest BCUT2D eigenvalue weighted by Crippen LogP contribution is -2.32.